The van der Waals surface area contributed by atoms with Gasteiger partial charge in [-0.05, 0) is 56.4 Å². The lowest BCUT2D eigenvalue weighted by Crippen LogP contribution is -2.42. The number of nitrogens with zero attached hydrogens (tertiary/aromatic N) is 1. The van der Waals surface area contributed by atoms with Crippen molar-refractivity contribution in [2.24, 2.45) is 5.92 Å². The van der Waals surface area contributed by atoms with E-state index in [2.05, 4.69) is 34.6 Å². The summed E-state index contributed by atoms with van der Waals surface area (Å²) >= 11 is 0. The highest BCUT2D eigenvalue weighted by atomic mass is 16.5. The minimum Gasteiger partial charge on any atom is -0.376 e. The quantitative estimate of drug-likeness (QED) is 0.896. The largest absolute Gasteiger partial charge is 0.376 e. The number of urea groups is 1. The predicted molar refractivity (Wildman–Crippen MR) is 93.0 cm³/mol. The molecule has 0 spiro atoms. The average Bonchev–Trinajstić information content (AvgIpc) is 3.19. The van der Waals surface area contributed by atoms with Gasteiger partial charge in [-0.2, -0.15) is 0 Å². The highest BCUT2D eigenvalue weighted by molar-refractivity contribution is 5.89. The minimum absolute atomic E-state index is 0.0304. The van der Waals surface area contributed by atoms with Crippen molar-refractivity contribution < 1.29 is 9.53 Å². The van der Waals surface area contributed by atoms with Gasteiger partial charge in [0, 0.05) is 31.1 Å². The van der Waals surface area contributed by atoms with E-state index in [1.54, 1.807) is 0 Å². The molecular formula is C18H27N3O2. The van der Waals surface area contributed by atoms with E-state index in [4.69, 9.17) is 4.74 Å². The van der Waals surface area contributed by atoms with Gasteiger partial charge < -0.3 is 20.3 Å². The molecule has 2 aliphatic heterocycles. The summed E-state index contributed by atoms with van der Waals surface area (Å²) in [6.45, 7) is 7.32. The SMILES string of the molecule is C[C@@H]1CCN(c2ccc(NC(=O)N[C@H](C)[C@H]3CCCO3)cc2)C1. The summed E-state index contributed by atoms with van der Waals surface area (Å²) in [5.41, 5.74) is 2.05. The lowest BCUT2D eigenvalue weighted by Gasteiger charge is -2.21. The third kappa shape index (κ3) is 4.16. The van der Waals surface area contributed by atoms with Crippen LogP contribution in [0.25, 0.3) is 0 Å². The summed E-state index contributed by atoms with van der Waals surface area (Å²) in [5, 5.41) is 5.86. The molecule has 0 unspecified atom stereocenters. The van der Waals surface area contributed by atoms with Crippen LogP contribution in [0.2, 0.25) is 0 Å². The molecule has 5 heteroatoms. The summed E-state index contributed by atoms with van der Waals surface area (Å²) in [7, 11) is 0. The molecule has 0 bridgehead atoms. The number of carbonyl (C=O) groups excluding carboxylic acids is 1. The normalized spacial score (nSPS) is 25.4. The van der Waals surface area contributed by atoms with Crippen molar-refractivity contribution in [3.8, 4) is 0 Å². The summed E-state index contributed by atoms with van der Waals surface area (Å²) in [6.07, 6.45) is 3.49. The number of anilines is 2. The zero-order chi connectivity index (χ0) is 16.2. The van der Waals surface area contributed by atoms with Crippen molar-refractivity contribution in [2.75, 3.05) is 29.9 Å². The molecule has 2 N–H and O–H groups in total. The van der Waals surface area contributed by atoms with Gasteiger partial charge in [-0.1, -0.05) is 6.92 Å². The molecule has 3 atom stereocenters. The number of nitrogens with one attached hydrogen (secondary N) is 2. The van der Waals surface area contributed by atoms with E-state index in [1.165, 1.54) is 12.1 Å². The lowest BCUT2D eigenvalue weighted by molar-refractivity contribution is 0.0868. The Morgan fingerprint density at radius 3 is 2.70 bits per heavy atom. The first-order chi connectivity index (χ1) is 11.1. The second kappa shape index (κ2) is 7.21. The molecule has 0 aromatic heterocycles. The van der Waals surface area contributed by atoms with E-state index in [0.29, 0.717) is 0 Å². The summed E-state index contributed by atoms with van der Waals surface area (Å²) < 4.78 is 5.60. The van der Waals surface area contributed by atoms with Gasteiger partial charge in [-0.15, -0.1) is 0 Å². The third-order valence-corrected chi connectivity index (χ3v) is 4.80. The van der Waals surface area contributed by atoms with Crippen molar-refractivity contribution in [3.63, 3.8) is 0 Å². The summed E-state index contributed by atoms with van der Waals surface area (Å²) in [4.78, 5) is 14.5. The molecule has 0 aliphatic carbocycles. The van der Waals surface area contributed by atoms with E-state index >= 15 is 0 Å². The molecule has 0 saturated carbocycles. The van der Waals surface area contributed by atoms with Crippen LogP contribution in [0.3, 0.4) is 0 Å². The fourth-order valence-corrected chi connectivity index (χ4v) is 3.39. The van der Waals surface area contributed by atoms with E-state index in [0.717, 1.165) is 44.1 Å². The lowest BCUT2D eigenvalue weighted by atomic mass is 10.1. The first kappa shape index (κ1) is 16.1. The first-order valence-electron chi connectivity index (χ1n) is 8.66. The van der Waals surface area contributed by atoms with Crippen LogP contribution in [-0.4, -0.2) is 37.9 Å². The Morgan fingerprint density at radius 2 is 2.09 bits per heavy atom. The molecule has 5 nitrogen and oxygen atoms in total. The van der Waals surface area contributed by atoms with Crippen molar-refractivity contribution in [1.29, 1.82) is 0 Å². The van der Waals surface area contributed by atoms with Crippen molar-refractivity contribution >= 4 is 17.4 Å². The molecule has 126 valence electrons. The van der Waals surface area contributed by atoms with Crippen molar-refractivity contribution in [2.45, 2.75) is 45.3 Å². The number of amides is 2. The molecule has 1 aromatic rings. The van der Waals surface area contributed by atoms with Crippen molar-refractivity contribution in [3.05, 3.63) is 24.3 Å². The van der Waals surface area contributed by atoms with Crippen LogP contribution in [-0.2, 0) is 4.74 Å². The van der Waals surface area contributed by atoms with Crippen LogP contribution in [0, 0.1) is 5.92 Å². The van der Waals surface area contributed by atoms with Gasteiger partial charge in [-0.25, -0.2) is 4.79 Å². The summed E-state index contributed by atoms with van der Waals surface area (Å²) in [6, 6.07) is 7.95. The van der Waals surface area contributed by atoms with Crippen LogP contribution in [0.5, 0.6) is 0 Å². The molecule has 0 radical (unpaired) electrons. The fraction of sp³-hybridized carbons (Fsp3) is 0.611. The van der Waals surface area contributed by atoms with Crippen molar-refractivity contribution in [1.82, 2.24) is 5.32 Å². The number of hydrogen-bond donors (Lipinski definition) is 2. The standard InChI is InChI=1S/C18H27N3O2/c1-13-9-10-21(12-13)16-7-5-15(6-8-16)20-18(22)19-14(2)17-4-3-11-23-17/h5-8,13-14,17H,3-4,9-12H2,1-2H3,(H2,19,20,22)/t13-,14-,17-/m1/s1. The average molecular weight is 317 g/mol. The number of benzene rings is 1. The topological polar surface area (TPSA) is 53.6 Å². The molecule has 2 amide bonds. The number of ether oxygens (including phenoxy) is 1. The van der Waals surface area contributed by atoms with E-state index in [1.807, 2.05) is 19.1 Å². The number of carbonyl (C=O) groups is 1. The van der Waals surface area contributed by atoms with Crippen LogP contribution in [0.1, 0.15) is 33.1 Å². The maximum absolute atomic E-state index is 12.1. The van der Waals surface area contributed by atoms with Gasteiger partial charge in [0.25, 0.3) is 0 Å². The van der Waals surface area contributed by atoms with E-state index < -0.39 is 0 Å². The molecule has 2 heterocycles. The third-order valence-electron chi connectivity index (χ3n) is 4.80. The fourth-order valence-electron chi connectivity index (χ4n) is 3.39. The van der Waals surface area contributed by atoms with Crippen LogP contribution in [0.15, 0.2) is 24.3 Å². The molecule has 2 fully saturated rings. The second-order valence-electron chi connectivity index (χ2n) is 6.83. The molecule has 2 aliphatic rings. The van der Waals surface area contributed by atoms with E-state index in [9.17, 15) is 4.79 Å². The van der Waals surface area contributed by atoms with Crippen LogP contribution in [0.4, 0.5) is 16.2 Å². The molecular weight excluding hydrogens is 290 g/mol. The van der Waals surface area contributed by atoms with E-state index in [-0.39, 0.29) is 18.2 Å². The Morgan fingerprint density at radius 1 is 1.30 bits per heavy atom. The minimum atomic E-state index is -0.171. The van der Waals surface area contributed by atoms with Gasteiger partial charge in [0.2, 0.25) is 0 Å². The molecule has 1 aromatic carbocycles. The van der Waals surface area contributed by atoms with Gasteiger partial charge in [-0.3, -0.25) is 0 Å². The van der Waals surface area contributed by atoms with Gasteiger partial charge in [0.05, 0.1) is 12.1 Å². The van der Waals surface area contributed by atoms with Crippen LogP contribution < -0.4 is 15.5 Å². The predicted octanol–water partition coefficient (Wildman–Crippen LogP) is 3.22. The molecule has 23 heavy (non-hydrogen) atoms. The Bertz CT molecular complexity index is 526. The van der Waals surface area contributed by atoms with Gasteiger partial charge in [0.1, 0.15) is 0 Å². The zero-order valence-electron chi connectivity index (χ0n) is 14.0. The van der Waals surface area contributed by atoms with Gasteiger partial charge in [0.15, 0.2) is 0 Å². The molecule has 2 saturated heterocycles. The maximum Gasteiger partial charge on any atom is 0.319 e. The zero-order valence-corrected chi connectivity index (χ0v) is 14.0. The number of hydrogen-bond acceptors (Lipinski definition) is 3. The second-order valence-corrected chi connectivity index (χ2v) is 6.83. The number of rotatable bonds is 4. The summed E-state index contributed by atoms with van der Waals surface area (Å²) in [5.74, 6) is 0.762. The van der Waals surface area contributed by atoms with Gasteiger partial charge >= 0.3 is 6.03 Å². The Hall–Kier alpha value is -1.75. The highest BCUT2D eigenvalue weighted by Crippen LogP contribution is 2.24. The smallest absolute Gasteiger partial charge is 0.319 e. The Balaban J connectivity index is 1.50. The first-order valence-corrected chi connectivity index (χ1v) is 8.66. The Labute approximate surface area is 138 Å². The highest BCUT2D eigenvalue weighted by Gasteiger charge is 2.23. The Kier molecular flexibility index (Phi) is 5.06. The maximum atomic E-state index is 12.1. The van der Waals surface area contributed by atoms with Crippen LogP contribution >= 0.6 is 0 Å². The molecule has 3 rings (SSSR count). The monoisotopic (exact) mass is 317 g/mol.